The maximum Gasteiger partial charge on any atom is 0.311 e. The Hall–Kier alpha value is -0.610. The zero-order chi connectivity index (χ0) is 13.5. The van der Waals surface area contributed by atoms with Gasteiger partial charge in [0.25, 0.3) is 0 Å². The van der Waals surface area contributed by atoms with E-state index in [4.69, 9.17) is 10.5 Å². The lowest BCUT2D eigenvalue weighted by Gasteiger charge is -2.40. The molecule has 18 heavy (non-hydrogen) atoms. The molecule has 0 aromatic carbocycles. The molecule has 0 amide bonds. The molecule has 1 aliphatic rings. The molecule has 0 aromatic heterocycles. The number of nitrogens with zero attached hydrogens (tertiary/aromatic N) is 1. The molecule has 2 N–H and O–H groups in total. The number of carbonyl (C=O) groups excluding carboxylic acids is 1. The van der Waals surface area contributed by atoms with Crippen LogP contribution in [0, 0.1) is 11.8 Å². The minimum atomic E-state index is -0.192. The Morgan fingerprint density at radius 1 is 1.28 bits per heavy atom. The fourth-order valence-electron chi connectivity index (χ4n) is 2.98. The summed E-state index contributed by atoms with van der Waals surface area (Å²) in [5, 5.41) is 0. The van der Waals surface area contributed by atoms with Crippen molar-refractivity contribution in [1.82, 2.24) is 4.90 Å². The van der Waals surface area contributed by atoms with Gasteiger partial charge in [0, 0.05) is 12.6 Å². The topological polar surface area (TPSA) is 55.6 Å². The summed E-state index contributed by atoms with van der Waals surface area (Å²) >= 11 is 0. The highest BCUT2D eigenvalue weighted by molar-refractivity contribution is 5.73. The molecule has 0 aliphatic carbocycles. The summed E-state index contributed by atoms with van der Waals surface area (Å²) in [6.07, 6.45) is 3.75. The summed E-state index contributed by atoms with van der Waals surface area (Å²) in [6, 6.07) is 0.217. The Kier molecular flexibility index (Phi) is 6.65. The van der Waals surface area contributed by atoms with Crippen molar-refractivity contribution in [3.8, 4) is 0 Å². The van der Waals surface area contributed by atoms with Gasteiger partial charge in [-0.05, 0) is 38.8 Å². The lowest BCUT2D eigenvalue weighted by molar-refractivity contribution is -0.151. The van der Waals surface area contributed by atoms with Crippen LogP contribution in [-0.4, -0.2) is 43.2 Å². The SMILES string of the molecule is CCOC(=O)[C@@H](CN)[C@H](C(C)C)N1CCCCC1. The minimum absolute atomic E-state index is 0.135. The summed E-state index contributed by atoms with van der Waals surface area (Å²) in [6.45, 7) is 9.15. The third-order valence-corrected chi connectivity index (χ3v) is 3.75. The maximum absolute atomic E-state index is 12.0. The van der Waals surface area contributed by atoms with Crippen LogP contribution in [0.15, 0.2) is 0 Å². The van der Waals surface area contributed by atoms with Gasteiger partial charge in [-0.25, -0.2) is 0 Å². The predicted molar refractivity (Wildman–Crippen MR) is 73.2 cm³/mol. The van der Waals surface area contributed by atoms with E-state index in [0.717, 1.165) is 13.1 Å². The van der Waals surface area contributed by atoms with Crippen LogP contribution in [0.3, 0.4) is 0 Å². The molecular formula is C14H28N2O2. The second kappa shape index (κ2) is 7.74. The predicted octanol–water partition coefficient (Wildman–Crippen LogP) is 1.63. The number of esters is 1. The van der Waals surface area contributed by atoms with Crippen LogP contribution in [0.5, 0.6) is 0 Å². The van der Waals surface area contributed by atoms with Crippen molar-refractivity contribution in [2.45, 2.75) is 46.1 Å². The molecule has 2 atom stereocenters. The van der Waals surface area contributed by atoms with E-state index in [0.29, 0.717) is 19.1 Å². The first kappa shape index (κ1) is 15.4. The van der Waals surface area contributed by atoms with Crippen molar-refractivity contribution in [3.05, 3.63) is 0 Å². The first-order valence-corrected chi connectivity index (χ1v) is 7.22. The average Bonchev–Trinajstić information content (AvgIpc) is 2.36. The van der Waals surface area contributed by atoms with Gasteiger partial charge < -0.3 is 10.5 Å². The van der Waals surface area contributed by atoms with E-state index in [9.17, 15) is 4.79 Å². The van der Waals surface area contributed by atoms with Crippen LogP contribution in [0.2, 0.25) is 0 Å². The summed E-state index contributed by atoms with van der Waals surface area (Å²) in [5.74, 6) is 0.0911. The number of nitrogens with two attached hydrogens (primary N) is 1. The lowest BCUT2D eigenvalue weighted by Crippen LogP contribution is -2.51. The maximum atomic E-state index is 12.0. The van der Waals surface area contributed by atoms with Gasteiger partial charge in [-0.1, -0.05) is 20.3 Å². The first-order valence-electron chi connectivity index (χ1n) is 7.22. The Bertz CT molecular complexity index is 250. The standard InChI is InChI=1S/C14H28N2O2/c1-4-18-14(17)12(10-15)13(11(2)3)16-8-6-5-7-9-16/h11-13H,4-10,15H2,1-3H3/t12-,13-/m0/s1. The molecule has 0 radical (unpaired) electrons. The molecule has 106 valence electrons. The van der Waals surface area contributed by atoms with E-state index in [1.54, 1.807) is 0 Å². The van der Waals surface area contributed by atoms with Gasteiger partial charge in [0.1, 0.15) is 0 Å². The summed E-state index contributed by atoms with van der Waals surface area (Å²) < 4.78 is 5.17. The van der Waals surface area contributed by atoms with E-state index in [2.05, 4.69) is 18.7 Å². The summed E-state index contributed by atoms with van der Waals surface area (Å²) in [7, 11) is 0. The summed E-state index contributed by atoms with van der Waals surface area (Å²) in [5.41, 5.74) is 5.82. The van der Waals surface area contributed by atoms with Crippen molar-refractivity contribution in [1.29, 1.82) is 0 Å². The third kappa shape index (κ3) is 3.95. The molecule has 1 aliphatic heterocycles. The number of carbonyl (C=O) groups is 1. The largest absolute Gasteiger partial charge is 0.466 e. The minimum Gasteiger partial charge on any atom is -0.466 e. The fraction of sp³-hybridized carbons (Fsp3) is 0.929. The van der Waals surface area contributed by atoms with Gasteiger partial charge in [0.05, 0.1) is 12.5 Å². The number of piperidine rings is 1. The fourth-order valence-corrected chi connectivity index (χ4v) is 2.98. The van der Waals surface area contributed by atoms with Crippen molar-refractivity contribution in [2.24, 2.45) is 17.6 Å². The molecule has 1 heterocycles. The van der Waals surface area contributed by atoms with Crippen molar-refractivity contribution < 1.29 is 9.53 Å². The number of rotatable bonds is 6. The quantitative estimate of drug-likeness (QED) is 0.734. The van der Waals surface area contributed by atoms with Crippen molar-refractivity contribution in [3.63, 3.8) is 0 Å². The van der Waals surface area contributed by atoms with E-state index in [-0.39, 0.29) is 17.9 Å². The Balaban J connectivity index is 2.76. The smallest absolute Gasteiger partial charge is 0.311 e. The van der Waals surface area contributed by atoms with Gasteiger partial charge in [0.2, 0.25) is 0 Å². The molecular weight excluding hydrogens is 228 g/mol. The molecule has 0 saturated carbocycles. The number of hydrogen-bond donors (Lipinski definition) is 1. The van der Waals surface area contributed by atoms with Gasteiger partial charge in [0.15, 0.2) is 0 Å². The number of likely N-dealkylation sites (tertiary alicyclic amines) is 1. The van der Waals surface area contributed by atoms with Gasteiger partial charge >= 0.3 is 5.97 Å². The molecule has 0 unspecified atom stereocenters. The monoisotopic (exact) mass is 256 g/mol. The normalized spacial score (nSPS) is 20.7. The van der Waals surface area contributed by atoms with Crippen LogP contribution in [-0.2, 0) is 9.53 Å². The number of ether oxygens (including phenoxy) is 1. The first-order chi connectivity index (χ1) is 8.61. The second-order valence-corrected chi connectivity index (χ2v) is 5.43. The Morgan fingerprint density at radius 3 is 2.33 bits per heavy atom. The van der Waals surface area contributed by atoms with Gasteiger partial charge in [-0.2, -0.15) is 0 Å². The molecule has 1 saturated heterocycles. The molecule has 4 heteroatoms. The van der Waals surface area contributed by atoms with E-state index in [1.165, 1.54) is 19.3 Å². The van der Waals surface area contributed by atoms with Crippen molar-refractivity contribution in [2.75, 3.05) is 26.2 Å². The van der Waals surface area contributed by atoms with Crippen LogP contribution in [0.1, 0.15) is 40.0 Å². The van der Waals surface area contributed by atoms with Crippen LogP contribution >= 0.6 is 0 Å². The zero-order valence-corrected chi connectivity index (χ0v) is 12.0. The molecule has 0 bridgehead atoms. The van der Waals surface area contributed by atoms with E-state index in [1.807, 2.05) is 6.92 Å². The average molecular weight is 256 g/mol. The van der Waals surface area contributed by atoms with E-state index < -0.39 is 0 Å². The van der Waals surface area contributed by atoms with Crippen LogP contribution in [0.4, 0.5) is 0 Å². The Morgan fingerprint density at radius 2 is 1.89 bits per heavy atom. The van der Waals surface area contributed by atoms with Crippen LogP contribution < -0.4 is 5.73 Å². The molecule has 1 fully saturated rings. The van der Waals surface area contributed by atoms with E-state index >= 15 is 0 Å². The summed E-state index contributed by atoms with van der Waals surface area (Å²) in [4.78, 5) is 14.5. The van der Waals surface area contributed by atoms with Crippen molar-refractivity contribution >= 4 is 5.97 Å². The highest BCUT2D eigenvalue weighted by Crippen LogP contribution is 2.24. The molecule has 1 rings (SSSR count). The second-order valence-electron chi connectivity index (χ2n) is 5.43. The van der Waals surface area contributed by atoms with Gasteiger partial charge in [-0.3, -0.25) is 9.69 Å². The zero-order valence-electron chi connectivity index (χ0n) is 12.0. The lowest BCUT2D eigenvalue weighted by atomic mass is 9.87. The highest BCUT2D eigenvalue weighted by atomic mass is 16.5. The third-order valence-electron chi connectivity index (χ3n) is 3.75. The number of hydrogen-bond acceptors (Lipinski definition) is 4. The molecule has 4 nitrogen and oxygen atoms in total. The Labute approximate surface area is 111 Å². The van der Waals surface area contributed by atoms with Crippen LogP contribution in [0.25, 0.3) is 0 Å². The molecule has 0 spiro atoms. The highest BCUT2D eigenvalue weighted by Gasteiger charge is 2.35. The van der Waals surface area contributed by atoms with Gasteiger partial charge in [-0.15, -0.1) is 0 Å². The molecule has 0 aromatic rings.